The van der Waals surface area contributed by atoms with Crippen LogP contribution in [0.2, 0.25) is 42.3 Å². The van der Waals surface area contributed by atoms with Crippen LogP contribution in [0.4, 0.5) is 0 Å². The predicted molar refractivity (Wildman–Crippen MR) is 163 cm³/mol. The van der Waals surface area contributed by atoms with Gasteiger partial charge in [-0.2, -0.15) is 0 Å². The molecule has 1 heterocycles. The van der Waals surface area contributed by atoms with E-state index in [1.54, 1.807) is 0 Å². The van der Waals surface area contributed by atoms with E-state index in [0.29, 0.717) is 0 Å². The number of rotatable bonds is 14. The second-order valence-electron chi connectivity index (χ2n) is 9.85. The summed E-state index contributed by atoms with van der Waals surface area (Å²) in [5.74, 6) is 0. The van der Waals surface area contributed by atoms with Gasteiger partial charge in [0.05, 0.1) is 0 Å². The highest BCUT2D eigenvalue weighted by molar-refractivity contribution is 6.89. The van der Waals surface area contributed by atoms with Crippen LogP contribution >= 0.6 is 0 Å². The van der Waals surface area contributed by atoms with Crippen LogP contribution in [-0.2, 0) is 28.8 Å². The maximum absolute atomic E-state index is 7.56. The van der Waals surface area contributed by atoms with E-state index < -0.39 is 65.0 Å². The van der Waals surface area contributed by atoms with E-state index in [4.69, 9.17) is 28.8 Å². The van der Waals surface area contributed by atoms with Crippen molar-refractivity contribution in [3.8, 4) is 0 Å². The lowest BCUT2D eigenvalue weighted by Crippen LogP contribution is -2.62. The van der Waals surface area contributed by atoms with Gasteiger partial charge in [0.25, 0.3) is 30.0 Å². The molecule has 14 heteroatoms. The van der Waals surface area contributed by atoms with E-state index in [-0.39, 0.29) is 0 Å². The van der Waals surface area contributed by atoms with Crippen molar-refractivity contribution in [1.82, 2.24) is 0 Å². The van der Waals surface area contributed by atoms with Crippen molar-refractivity contribution >= 4 is 65.0 Å². The first-order chi connectivity index (χ1) is 16.9. The third-order valence-electron chi connectivity index (χ3n) is 6.31. The molecule has 1 rings (SSSR count). The van der Waals surface area contributed by atoms with Crippen LogP contribution in [0.25, 0.3) is 0 Å². The highest BCUT2D eigenvalue weighted by atomic mass is 28.5. The SMILES string of the molecule is CCC[SiH]1O[SiH2]O[SiH2]O[SiH2]O[Si](CCC)(CCC)O[Si](CCC)(CCC)O[Si](CCC)(CCC)O1. The molecule has 7 nitrogen and oxygen atoms in total. The third kappa shape index (κ3) is 12.3. The first-order valence-electron chi connectivity index (χ1n) is 14.4. The Hall–Kier alpha value is 1.24. The lowest BCUT2D eigenvalue weighted by Gasteiger charge is -2.46. The van der Waals surface area contributed by atoms with Gasteiger partial charge in [0.15, 0.2) is 0 Å². The van der Waals surface area contributed by atoms with Crippen molar-refractivity contribution in [2.45, 2.75) is 136 Å². The molecule has 1 aliphatic rings. The topological polar surface area (TPSA) is 64.6 Å². The summed E-state index contributed by atoms with van der Waals surface area (Å²) >= 11 is 0. The van der Waals surface area contributed by atoms with Crippen molar-refractivity contribution in [3.05, 3.63) is 0 Å². The zero-order valence-corrected chi connectivity index (χ0v) is 32.4. The lowest BCUT2D eigenvalue weighted by atomic mass is 10.6. The number of hydrogen-bond acceptors (Lipinski definition) is 7. The van der Waals surface area contributed by atoms with Gasteiger partial charge in [-0.05, 0) is 42.3 Å². The second-order valence-corrected chi connectivity index (χ2v) is 28.8. The quantitative estimate of drug-likeness (QED) is 0.266. The van der Waals surface area contributed by atoms with Gasteiger partial charge < -0.3 is 28.8 Å². The van der Waals surface area contributed by atoms with Crippen LogP contribution in [0.3, 0.4) is 0 Å². The summed E-state index contributed by atoms with van der Waals surface area (Å²) in [5.41, 5.74) is 0. The average Bonchev–Trinajstić information content (AvgIpc) is 2.79. The molecule has 0 amide bonds. The van der Waals surface area contributed by atoms with E-state index in [1.165, 1.54) is 0 Å². The molecule has 0 bridgehead atoms. The van der Waals surface area contributed by atoms with Crippen molar-refractivity contribution in [2.24, 2.45) is 0 Å². The fraction of sp³-hybridized carbons (Fsp3) is 1.00. The molecule has 0 aliphatic carbocycles. The molecule has 1 saturated heterocycles. The maximum atomic E-state index is 7.56. The Kier molecular flexibility index (Phi) is 18.9. The van der Waals surface area contributed by atoms with Crippen LogP contribution in [0.1, 0.15) is 93.4 Å². The molecule has 0 aromatic rings. The number of hydrogen-bond donors (Lipinski definition) is 0. The van der Waals surface area contributed by atoms with E-state index in [1.807, 2.05) is 0 Å². The molecule has 0 radical (unpaired) electrons. The minimum absolute atomic E-state index is 1.02. The molecule has 1 unspecified atom stereocenters. The summed E-state index contributed by atoms with van der Waals surface area (Å²) < 4.78 is 47.3. The Balaban J connectivity index is 3.58. The van der Waals surface area contributed by atoms with Gasteiger partial charge in [0.1, 0.15) is 0 Å². The summed E-state index contributed by atoms with van der Waals surface area (Å²) in [6.07, 6.45) is 7.53. The van der Waals surface area contributed by atoms with E-state index >= 15 is 0 Å². The summed E-state index contributed by atoms with van der Waals surface area (Å²) in [5, 5.41) is 0. The highest BCUT2D eigenvalue weighted by Crippen LogP contribution is 2.38. The summed E-state index contributed by atoms with van der Waals surface area (Å²) in [6, 6.07) is 7.15. The Morgan fingerprint density at radius 1 is 0.514 bits per heavy atom. The zero-order valence-electron chi connectivity index (χ0n) is 24.0. The molecule has 0 aromatic carbocycles. The molecule has 1 atom stereocenters. The molecule has 35 heavy (non-hydrogen) atoms. The van der Waals surface area contributed by atoms with Gasteiger partial charge in [0, 0.05) is 0 Å². The summed E-state index contributed by atoms with van der Waals surface area (Å²) in [4.78, 5) is 0. The molecule has 0 saturated carbocycles. The van der Waals surface area contributed by atoms with Crippen molar-refractivity contribution in [3.63, 3.8) is 0 Å². The predicted octanol–water partition coefficient (Wildman–Crippen LogP) is 4.53. The lowest BCUT2D eigenvalue weighted by molar-refractivity contribution is 0.251. The minimum Gasteiger partial charge on any atom is -0.425 e. The Bertz CT molecular complexity index is 518. The molecular formula is C21H56O7Si7. The van der Waals surface area contributed by atoms with E-state index in [9.17, 15) is 0 Å². The van der Waals surface area contributed by atoms with E-state index in [2.05, 4.69) is 48.5 Å². The van der Waals surface area contributed by atoms with Crippen molar-refractivity contribution < 1.29 is 28.8 Å². The Morgan fingerprint density at radius 3 is 1.49 bits per heavy atom. The standard InChI is InChI=1S/C21H56O7Si7/c1-8-15-32-24-30-22-29-23-31-25-33(16-9-2,17-10-3)27-35(20-13-6,21-14-7)28-34(26-32,18-11-4)19-12-5/h32H,8-21,29-31H2,1-7H3. The van der Waals surface area contributed by atoms with Gasteiger partial charge in [-0.1, -0.05) is 93.4 Å². The largest absolute Gasteiger partial charge is 0.425 e. The minimum atomic E-state index is -2.56. The smallest absolute Gasteiger partial charge is 0.320 e. The molecule has 0 spiro atoms. The fourth-order valence-corrected chi connectivity index (χ4v) is 33.5. The van der Waals surface area contributed by atoms with Crippen molar-refractivity contribution in [2.75, 3.05) is 0 Å². The third-order valence-corrected chi connectivity index (χ3v) is 30.9. The molecule has 1 aliphatic heterocycles. The molecule has 0 aromatic heterocycles. The van der Waals surface area contributed by atoms with Gasteiger partial charge in [-0.15, -0.1) is 0 Å². The zero-order chi connectivity index (χ0) is 26.0. The van der Waals surface area contributed by atoms with Gasteiger partial charge >= 0.3 is 35.0 Å². The second kappa shape index (κ2) is 19.3. The van der Waals surface area contributed by atoms with Gasteiger partial charge in [-0.3, -0.25) is 0 Å². The van der Waals surface area contributed by atoms with Crippen LogP contribution in [0, 0.1) is 0 Å². The van der Waals surface area contributed by atoms with E-state index in [0.717, 1.165) is 87.3 Å². The first kappa shape index (κ1) is 34.3. The molecule has 1 fully saturated rings. The van der Waals surface area contributed by atoms with Crippen LogP contribution in [-0.4, -0.2) is 65.0 Å². The van der Waals surface area contributed by atoms with Gasteiger partial charge in [-0.25, -0.2) is 0 Å². The van der Waals surface area contributed by atoms with Crippen LogP contribution in [0.15, 0.2) is 0 Å². The van der Waals surface area contributed by atoms with Crippen LogP contribution < -0.4 is 0 Å². The normalized spacial score (nSPS) is 25.6. The van der Waals surface area contributed by atoms with Crippen LogP contribution in [0.5, 0.6) is 0 Å². The summed E-state index contributed by atoms with van der Waals surface area (Å²) in [7, 11) is -12.6. The Labute approximate surface area is 228 Å². The van der Waals surface area contributed by atoms with Gasteiger partial charge in [0.2, 0.25) is 0 Å². The first-order valence-corrected chi connectivity index (χ1v) is 26.3. The summed E-state index contributed by atoms with van der Waals surface area (Å²) in [6.45, 7) is 15.8. The maximum Gasteiger partial charge on any atom is 0.320 e. The highest BCUT2D eigenvalue weighted by Gasteiger charge is 2.53. The monoisotopic (exact) mass is 616 g/mol. The molecule has 210 valence electrons. The molecule has 0 N–H and O–H groups in total. The average molecular weight is 617 g/mol. The Morgan fingerprint density at radius 2 is 0.971 bits per heavy atom. The van der Waals surface area contributed by atoms with Crippen molar-refractivity contribution in [1.29, 1.82) is 0 Å². The molecular weight excluding hydrogens is 561 g/mol. The fourth-order valence-electron chi connectivity index (χ4n) is 5.13.